The summed E-state index contributed by atoms with van der Waals surface area (Å²) in [7, 11) is 0. The molecule has 0 heterocycles. The molecule has 1 fully saturated rings. The maximum atomic E-state index is 4.61. The van der Waals surface area contributed by atoms with Crippen molar-refractivity contribution in [2.45, 2.75) is 86.0 Å². The zero-order chi connectivity index (χ0) is 26.2. The molecule has 1 saturated carbocycles. The minimum atomic E-state index is 0.288. The Balaban J connectivity index is 1.52. The number of benzene rings is 2. The SMILES string of the molecule is C=C(C[C@@H](C)C1=CC(C)=CC1c1ccc(C(=C)C(C)C)cc1)c1cc(CC(C)(C)C)cc(C2CC2)c1. The van der Waals surface area contributed by atoms with Crippen molar-refractivity contribution >= 4 is 11.1 Å². The first-order valence-corrected chi connectivity index (χ1v) is 13.9. The molecule has 36 heavy (non-hydrogen) atoms. The lowest BCUT2D eigenvalue weighted by Crippen LogP contribution is -2.10. The Morgan fingerprint density at radius 2 is 1.58 bits per heavy atom. The van der Waals surface area contributed by atoms with Crippen LogP contribution in [0, 0.1) is 17.3 Å². The van der Waals surface area contributed by atoms with Crippen molar-refractivity contribution in [1.82, 2.24) is 0 Å². The Hall–Kier alpha value is -2.60. The second-order valence-corrected chi connectivity index (χ2v) is 13.0. The lowest BCUT2D eigenvalue weighted by atomic mass is 9.81. The highest BCUT2D eigenvalue weighted by Gasteiger charge is 2.27. The van der Waals surface area contributed by atoms with Crippen LogP contribution in [0.25, 0.3) is 11.1 Å². The van der Waals surface area contributed by atoms with Gasteiger partial charge in [0.25, 0.3) is 0 Å². The van der Waals surface area contributed by atoms with E-state index in [0.717, 1.165) is 18.8 Å². The van der Waals surface area contributed by atoms with E-state index in [4.69, 9.17) is 0 Å². The van der Waals surface area contributed by atoms with Gasteiger partial charge in [0.2, 0.25) is 0 Å². The molecule has 2 atom stereocenters. The van der Waals surface area contributed by atoms with Gasteiger partial charge in [-0.25, -0.2) is 0 Å². The van der Waals surface area contributed by atoms with Gasteiger partial charge in [-0.15, -0.1) is 0 Å². The van der Waals surface area contributed by atoms with Crippen LogP contribution in [0.3, 0.4) is 0 Å². The fourth-order valence-corrected chi connectivity index (χ4v) is 5.63. The third-order valence-electron chi connectivity index (χ3n) is 7.85. The molecule has 0 heteroatoms. The lowest BCUT2D eigenvalue weighted by molar-refractivity contribution is 0.411. The molecule has 0 nitrogen and oxygen atoms in total. The molecule has 0 bridgehead atoms. The summed E-state index contributed by atoms with van der Waals surface area (Å²) in [5.41, 5.74) is 12.6. The summed E-state index contributed by atoms with van der Waals surface area (Å²) in [4.78, 5) is 0. The molecule has 1 unspecified atom stereocenters. The van der Waals surface area contributed by atoms with E-state index in [1.54, 1.807) is 0 Å². The number of rotatable bonds is 9. The molecule has 2 aromatic rings. The molecule has 0 aromatic heterocycles. The van der Waals surface area contributed by atoms with Crippen LogP contribution >= 0.6 is 0 Å². The molecule has 0 aliphatic heterocycles. The molecule has 0 spiro atoms. The van der Waals surface area contributed by atoms with E-state index in [1.165, 1.54) is 63.0 Å². The first-order valence-electron chi connectivity index (χ1n) is 13.9. The third kappa shape index (κ3) is 6.39. The summed E-state index contributed by atoms with van der Waals surface area (Å²) in [5, 5.41) is 0. The number of allylic oxidation sites excluding steroid dienone is 6. The van der Waals surface area contributed by atoms with E-state index in [9.17, 15) is 0 Å². The molecule has 4 rings (SSSR count). The van der Waals surface area contributed by atoms with E-state index in [2.05, 4.69) is 116 Å². The first kappa shape index (κ1) is 26.5. The van der Waals surface area contributed by atoms with E-state index in [0.29, 0.717) is 17.8 Å². The molecule has 0 saturated heterocycles. The normalized spacial score (nSPS) is 18.7. The van der Waals surface area contributed by atoms with Gasteiger partial charge in [0, 0.05) is 5.92 Å². The van der Waals surface area contributed by atoms with Crippen LogP contribution in [0.1, 0.15) is 107 Å². The van der Waals surface area contributed by atoms with Gasteiger partial charge in [0.1, 0.15) is 0 Å². The van der Waals surface area contributed by atoms with Crippen molar-refractivity contribution in [2.75, 3.05) is 0 Å². The Bertz CT molecular complexity index is 1190. The van der Waals surface area contributed by atoms with Crippen LogP contribution in [0.2, 0.25) is 0 Å². The fraction of sp³-hybridized carbons (Fsp3) is 0.444. The molecule has 2 aliphatic rings. The molecular weight excluding hydrogens is 432 g/mol. The highest BCUT2D eigenvalue weighted by atomic mass is 14.3. The molecule has 0 radical (unpaired) electrons. The second kappa shape index (κ2) is 10.4. The highest BCUT2D eigenvalue weighted by Crippen LogP contribution is 2.44. The van der Waals surface area contributed by atoms with Gasteiger partial charge in [-0.2, -0.15) is 0 Å². The van der Waals surface area contributed by atoms with Crippen LogP contribution < -0.4 is 0 Å². The molecule has 190 valence electrons. The minimum absolute atomic E-state index is 0.288. The van der Waals surface area contributed by atoms with Crippen LogP contribution in [-0.4, -0.2) is 0 Å². The molecule has 2 aromatic carbocycles. The van der Waals surface area contributed by atoms with Gasteiger partial charge in [0.05, 0.1) is 0 Å². The second-order valence-electron chi connectivity index (χ2n) is 13.0. The van der Waals surface area contributed by atoms with E-state index < -0.39 is 0 Å². The van der Waals surface area contributed by atoms with E-state index in [-0.39, 0.29) is 5.41 Å². The van der Waals surface area contributed by atoms with Crippen molar-refractivity contribution < 1.29 is 0 Å². The first-order chi connectivity index (χ1) is 16.9. The molecule has 0 amide bonds. The number of hydrogen-bond donors (Lipinski definition) is 0. The van der Waals surface area contributed by atoms with Crippen molar-refractivity contribution in [3.63, 3.8) is 0 Å². The predicted molar refractivity (Wildman–Crippen MR) is 159 cm³/mol. The smallest absolute Gasteiger partial charge is 0.0239 e. The standard InChI is InChI=1S/C36H46/c1-23(2)27(6)29-10-14-31(15-11-29)35-17-24(3)16-34(35)26(5)18-25(4)32-19-28(22-36(7,8)9)20-33(21-32)30-12-13-30/h10-11,14-17,19-21,23,26,30,35H,4,6,12-13,18,22H2,1-3,5,7-9H3/t26-,35?/m1/s1. The molecule has 2 aliphatic carbocycles. The summed E-state index contributed by atoms with van der Waals surface area (Å²) in [6.07, 6.45) is 9.62. The van der Waals surface area contributed by atoms with Crippen molar-refractivity contribution in [1.29, 1.82) is 0 Å². The van der Waals surface area contributed by atoms with Gasteiger partial charge in [-0.05, 0) is 94.7 Å². The minimum Gasteiger partial charge on any atom is -0.0952 e. The van der Waals surface area contributed by atoms with Gasteiger partial charge >= 0.3 is 0 Å². The topological polar surface area (TPSA) is 0 Å². The lowest BCUT2D eigenvalue weighted by Gasteiger charge is -2.23. The van der Waals surface area contributed by atoms with Crippen molar-refractivity contribution in [3.8, 4) is 0 Å². The van der Waals surface area contributed by atoms with Crippen LogP contribution in [0.4, 0.5) is 0 Å². The van der Waals surface area contributed by atoms with Gasteiger partial charge in [-0.1, -0.05) is 120 Å². The van der Waals surface area contributed by atoms with Crippen molar-refractivity contribution in [3.05, 3.63) is 107 Å². The maximum absolute atomic E-state index is 4.61. The maximum Gasteiger partial charge on any atom is 0.0239 e. The Morgan fingerprint density at radius 3 is 2.17 bits per heavy atom. The zero-order valence-electron chi connectivity index (χ0n) is 23.7. The zero-order valence-corrected chi connectivity index (χ0v) is 23.7. The summed E-state index contributed by atoms with van der Waals surface area (Å²) < 4.78 is 0. The largest absolute Gasteiger partial charge is 0.0952 e. The van der Waals surface area contributed by atoms with Crippen LogP contribution in [0.15, 0.2) is 78.9 Å². The molecule has 0 N–H and O–H groups in total. The number of hydrogen-bond acceptors (Lipinski definition) is 0. The van der Waals surface area contributed by atoms with Gasteiger partial charge in [-0.3, -0.25) is 0 Å². The molecular formula is C36H46. The summed E-state index contributed by atoms with van der Waals surface area (Å²) in [6, 6.07) is 16.4. The summed E-state index contributed by atoms with van der Waals surface area (Å²) in [5.74, 6) is 2.02. The van der Waals surface area contributed by atoms with Crippen molar-refractivity contribution in [2.24, 2.45) is 17.3 Å². The fourth-order valence-electron chi connectivity index (χ4n) is 5.63. The summed E-state index contributed by atoms with van der Waals surface area (Å²) >= 11 is 0. The Morgan fingerprint density at radius 1 is 0.917 bits per heavy atom. The van der Waals surface area contributed by atoms with E-state index in [1.807, 2.05) is 0 Å². The van der Waals surface area contributed by atoms with Gasteiger partial charge in [0.15, 0.2) is 0 Å². The van der Waals surface area contributed by atoms with Crippen LogP contribution in [-0.2, 0) is 6.42 Å². The van der Waals surface area contributed by atoms with Gasteiger partial charge < -0.3 is 0 Å². The predicted octanol–water partition coefficient (Wildman–Crippen LogP) is 10.5. The monoisotopic (exact) mass is 478 g/mol. The average Bonchev–Trinajstić information content (AvgIpc) is 3.58. The van der Waals surface area contributed by atoms with E-state index >= 15 is 0 Å². The third-order valence-corrected chi connectivity index (χ3v) is 7.85. The Labute approximate surface area is 220 Å². The average molecular weight is 479 g/mol. The quantitative estimate of drug-likeness (QED) is 0.336. The Kier molecular flexibility index (Phi) is 7.65. The highest BCUT2D eigenvalue weighted by molar-refractivity contribution is 5.67. The van der Waals surface area contributed by atoms with Crippen LogP contribution in [0.5, 0.6) is 0 Å². The summed E-state index contributed by atoms with van der Waals surface area (Å²) in [6.45, 7) is 24.9.